The summed E-state index contributed by atoms with van der Waals surface area (Å²) in [6.45, 7) is 6.66. The second-order valence-electron chi connectivity index (χ2n) is 11.1. The average molecular weight is 552 g/mol. The van der Waals surface area contributed by atoms with Crippen LogP contribution < -0.4 is 10.2 Å². The molecule has 0 aliphatic carbocycles. The van der Waals surface area contributed by atoms with Crippen LogP contribution in [0.2, 0.25) is 0 Å². The molecule has 208 valence electrons. The van der Waals surface area contributed by atoms with Gasteiger partial charge in [-0.25, -0.2) is 14.2 Å². The molecule has 1 amide bonds. The Bertz CT molecular complexity index is 1720. The number of ether oxygens (including phenoxy) is 1. The molecule has 3 heterocycles. The van der Waals surface area contributed by atoms with E-state index in [0.29, 0.717) is 54.1 Å². The number of benzene rings is 2. The zero-order chi connectivity index (χ0) is 29.3. The van der Waals surface area contributed by atoms with Gasteiger partial charge < -0.3 is 15.0 Å². The minimum atomic E-state index is -0.654. The van der Waals surface area contributed by atoms with E-state index in [4.69, 9.17) is 9.72 Å². The number of nitrogens with one attached hydrogen (secondary N) is 1. The maximum absolute atomic E-state index is 14.8. The lowest BCUT2D eigenvalue weighted by Crippen LogP contribution is -2.46. The van der Waals surface area contributed by atoms with Crippen molar-refractivity contribution in [3.05, 3.63) is 65.6 Å². The van der Waals surface area contributed by atoms with Crippen LogP contribution in [0, 0.1) is 28.5 Å². The van der Waals surface area contributed by atoms with E-state index in [1.165, 1.54) is 12.1 Å². The van der Waals surface area contributed by atoms with Crippen molar-refractivity contribution in [2.75, 3.05) is 18.0 Å². The number of hydrogen-bond donors (Lipinski definition) is 1. The quantitative estimate of drug-likeness (QED) is 0.347. The summed E-state index contributed by atoms with van der Waals surface area (Å²) in [6.07, 6.45) is 2.65. The van der Waals surface area contributed by atoms with E-state index in [2.05, 4.69) is 21.4 Å². The average Bonchev–Trinajstić information content (AvgIpc) is 3.31. The number of nitriles is 2. The molecule has 2 aromatic heterocycles. The fourth-order valence-electron chi connectivity index (χ4n) is 5.08. The maximum Gasteiger partial charge on any atom is 0.407 e. The van der Waals surface area contributed by atoms with Crippen molar-refractivity contribution in [3.8, 4) is 34.5 Å². The van der Waals surface area contributed by atoms with Crippen molar-refractivity contribution in [1.29, 1.82) is 10.5 Å². The van der Waals surface area contributed by atoms with Gasteiger partial charge in [0.25, 0.3) is 0 Å². The summed E-state index contributed by atoms with van der Waals surface area (Å²) in [7, 11) is 1.86. The summed E-state index contributed by atoms with van der Waals surface area (Å²) in [5, 5.41) is 27.7. The summed E-state index contributed by atoms with van der Waals surface area (Å²) < 4.78 is 21.9. The first-order chi connectivity index (χ1) is 19.6. The number of anilines is 1. The molecule has 0 spiro atoms. The molecule has 4 aromatic rings. The van der Waals surface area contributed by atoms with E-state index in [0.717, 1.165) is 16.5 Å². The van der Waals surface area contributed by atoms with Crippen LogP contribution >= 0.6 is 0 Å². The first-order valence-electron chi connectivity index (χ1n) is 13.4. The minimum Gasteiger partial charge on any atom is -0.444 e. The molecule has 0 atom stereocenters. The summed E-state index contributed by atoms with van der Waals surface area (Å²) in [5.41, 5.74) is 2.92. The van der Waals surface area contributed by atoms with Gasteiger partial charge in [0, 0.05) is 42.7 Å². The van der Waals surface area contributed by atoms with Gasteiger partial charge in [-0.3, -0.25) is 4.68 Å². The van der Waals surface area contributed by atoms with Crippen molar-refractivity contribution in [2.45, 2.75) is 45.3 Å². The molecule has 0 unspecified atom stereocenters. The van der Waals surface area contributed by atoms with Gasteiger partial charge in [0.1, 0.15) is 23.3 Å². The Labute approximate surface area is 237 Å². The fraction of sp³-hybridized carbons (Fsp3) is 0.323. The number of nitrogens with zero attached hydrogens (tertiary/aromatic N) is 6. The predicted molar refractivity (Wildman–Crippen MR) is 153 cm³/mol. The van der Waals surface area contributed by atoms with Gasteiger partial charge in [-0.15, -0.1) is 0 Å². The number of amides is 1. The first-order valence-corrected chi connectivity index (χ1v) is 13.4. The number of hydrogen-bond acceptors (Lipinski definition) is 7. The molecule has 1 aliphatic heterocycles. The van der Waals surface area contributed by atoms with Gasteiger partial charge in [-0.05, 0) is 69.5 Å². The van der Waals surface area contributed by atoms with Crippen molar-refractivity contribution < 1.29 is 13.9 Å². The third-order valence-corrected chi connectivity index (χ3v) is 7.06. The number of aryl methyl sites for hydroxylation is 1. The normalized spacial score (nSPS) is 14.0. The van der Waals surface area contributed by atoms with Crippen LogP contribution in [-0.4, -0.2) is 45.6 Å². The molecule has 9 nitrogen and oxygen atoms in total. The number of halogens is 1. The van der Waals surface area contributed by atoms with Crippen LogP contribution in [0.3, 0.4) is 0 Å². The molecular formula is C31H30FN7O2. The smallest absolute Gasteiger partial charge is 0.407 e. The third-order valence-electron chi connectivity index (χ3n) is 7.06. The second-order valence-corrected chi connectivity index (χ2v) is 11.1. The number of rotatable bonds is 4. The van der Waals surface area contributed by atoms with Gasteiger partial charge >= 0.3 is 6.09 Å². The number of pyridine rings is 1. The van der Waals surface area contributed by atoms with Crippen LogP contribution in [0.4, 0.5) is 15.0 Å². The highest BCUT2D eigenvalue weighted by Crippen LogP contribution is 2.38. The molecule has 0 saturated carbocycles. The Morgan fingerprint density at radius 1 is 1.05 bits per heavy atom. The van der Waals surface area contributed by atoms with Gasteiger partial charge in [-0.1, -0.05) is 12.1 Å². The fourth-order valence-corrected chi connectivity index (χ4v) is 5.08. The molecule has 1 fully saturated rings. The van der Waals surface area contributed by atoms with E-state index in [-0.39, 0.29) is 11.6 Å². The Morgan fingerprint density at radius 3 is 2.41 bits per heavy atom. The van der Waals surface area contributed by atoms with Crippen molar-refractivity contribution in [3.63, 3.8) is 0 Å². The van der Waals surface area contributed by atoms with Gasteiger partial charge in [0.05, 0.1) is 34.6 Å². The van der Waals surface area contributed by atoms with Crippen LogP contribution in [-0.2, 0) is 11.8 Å². The monoisotopic (exact) mass is 551 g/mol. The molecule has 2 aromatic carbocycles. The lowest BCUT2D eigenvalue weighted by molar-refractivity contribution is 0.0497. The first kappa shape index (κ1) is 27.6. The summed E-state index contributed by atoms with van der Waals surface area (Å²) in [5.74, 6) is -0.0679. The van der Waals surface area contributed by atoms with E-state index in [1.54, 1.807) is 23.0 Å². The molecule has 1 aliphatic rings. The molecule has 1 saturated heterocycles. The highest BCUT2D eigenvalue weighted by atomic mass is 19.1. The number of alkyl carbamates (subject to hydrolysis) is 1. The van der Waals surface area contributed by atoms with Crippen LogP contribution in [0.5, 0.6) is 0 Å². The molecule has 0 bridgehead atoms. The number of carbonyl (C=O) groups is 1. The molecular weight excluding hydrogens is 521 g/mol. The number of aromatic nitrogens is 3. The highest BCUT2D eigenvalue weighted by molar-refractivity contribution is 5.91. The van der Waals surface area contributed by atoms with E-state index < -0.39 is 17.5 Å². The minimum absolute atomic E-state index is 0.0471. The van der Waals surface area contributed by atoms with Gasteiger partial charge in [0.15, 0.2) is 0 Å². The van der Waals surface area contributed by atoms with E-state index in [1.807, 2.05) is 52.1 Å². The molecule has 41 heavy (non-hydrogen) atoms. The van der Waals surface area contributed by atoms with Gasteiger partial charge in [0.2, 0.25) is 0 Å². The Morgan fingerprint density at radius 2 is 1.76 bits per heavy atom. The van der Waals surface area contributed by atoms with E-state index >= 15 is 0 Å². The maximum atomic E-state index is 14.8. The Kier molecular flexibility index (Phi) is 7.34. The second kappa shape index (κ2) is 10.9. The van der Waals surface area contributed by atoms with Gasteiger partial charge in [-0.2, -0.15) is 15.6 Å². The third kappa shape index (κ3) is 5.82. The summed E-state index contributed by atoms with van der Waals surface area (Å²) >= 11 is 0. The van der Waals surface area contributed by atoms with Crippen LogP contribution in [0.1, 0.15) is 44.7 Å². The predicted octanol–water partition coefficient (Wildman–Crippen LogP) is 5.68. The van der Waals surface area contributed by atoms with E-state index in [9.17, 15) is 19.7 Å². The largest absolute Gasteiger partial charge is 0.444 e. The Balaban J connectivity index is 1.52. The van der Waals surface area contributed by atoms with Crippen molar-refractivity contribution >= 4 is 22.8 Å². The molecule has 1 N–H and O–H groups in total. The molecule has 5 rings (SSSR count). The highest BCUT2D eigenvalue weighted by Gasteiger charge is 2.26. The molecule has 0 radical (unpaired) electrons. The topological polar surface area (TPSA) is 120 Å². The zero-order valence-corrected chi connectivity index (χ0v) is 23.4. The SMILES string of the molecule is Cn1ncc2cc(-c3c(C#N)cc(N4CCC(NC(=O)OC(C)(C)C)CC4)nc3-c3ccc(C#N)c(F)c3)ccc21. The summed E-state index contributed by atoms with van der Waals surface area (Å²) in [6, 6.07) is 16.0. The lowest BCUT2D eigenvalue weighted by atomic mass is 9.93. The summed E-state index contributed by atoms with van der Waals surface area (Å²) in [4.78, 5) is 19.3. The zero-order valence-electron chi connectivity index (χ0n) is 23.4. The standard InChI is InChI=1S/C31H30FN7O2/c1-31(2,3)41-30(40)36-24-9-11-39(12-10-24)27-15-22(17-34)28(19-7-8-26-23(13-19)18-35-38(26)4)29(37-27)20-5-6-21(16-33)25(32)14-20/h5-8,13-15,18,24H,9-12H2,1-4H3,(H,36,40). The Hall–Kier alpha value is -4.96. The molecule has 10 heteroatoms. The van der Waals surface area contributed by atoms with Crippen molar-refractivity contribution in [1.82, 2.24) is 20.1 Å². The van der Waals surface area contributed by atoms with Crippen molar-refractivity contribution in [2.24, 2.45) is 7.05 Å². The number of piperidine rings is 1. The lowest BCUT2D eigenvalue weighted by Gasteiger charge is -2.34. The number of fused-ring (bicyclic) bond motifs is 1. The number of carbonyl (C=O) groups excluding carboxylic acids is 1. The van der Waals surface area contributed by atoms with Crippen LogP contribution in [0.15, 0.2) is 48.7 Å². The van der Waals surface area contributed by atoms with Crippen LogP contribution in [0.25, 0.3) is 33.3 Å².